The third-order valence-corrected chi connectivity index (χ3v) is 3.85. The Hall–Kier alpha value is -1.58. The molecule has 0 aliphatic carbocycles. The molecule has 2 aromatic rings. The summed E-state index contributed by atoms with van der Waals surface area (Å²) in [5.74, 6) is 0.801. The van der Waals surface area contributed by atoms with Crippen molar-refractivity contribution in [1.29, 1.82) is 0 Å². The largest absolute Gasteiger partial charge is 0.379 e. The second kappa shape index (κ2) is 14.5. The van der Waals surface area contributed by atoms with Crippen LogP contribution in [0.5, 0.6) is 0 Å². The van der Waals surface area contributed by atoms with E-state index in [-0.39, 0.29) is 24.0 Å². The van der Waals surface area contributed by atoms with Crippen LogP contribution in [0.3, 0.4) is 0 Å². The molecule has 0 unspecified atom stereocenters. The van der Waals surface area contributed by atoms with Crippen LogP contribution in [0.1, 0.15) is 18.1 Å². The normalized spacial score (nSPS) is 11.1. The first-order valence-corrected chi connectivity index (χ1v) is 9.10. The smallest absolute Gasteiger partial charge is 0.191 e. The van der Waals surface area contributed by atoms with Gasteiger partial charge in [0.1, 0.15) is 0 Å². The minimum Gasteiger partial charge on any atom is -0.379 e. The van der Waals surface area contributed by atoms with Crippen molar-refractivity contribution in [2.45, 2.75) is 26.6 Å². The summed E-state index contributed by atoms with van der Waals surface area (Å²) in [6.07, 6.45) is 4.11. The third kappa shape index (κ3) is 9.78. The number of halogens is 1. The Morgan fingerprint density at radius 3 is 2.52 bits per heavy atom. The summed E-state index contributed by atoms with van der Waals surface area (Å²) in [6.45, 7) is 7.02. The standard InChI is InChI=1S/C20H30N4O2.HI/c1-3-25-13-14-26-17-19-8-6-7-18(15-19)16-23-20(21-2)22-9-12-24-10-4-5-11-24;/h4-8,10-11,15H,3,9,12-14,16-17H2,1-2H3,(H2,21,22,23);1H. The lowest BCUT2D eigenvalue weighted by Crippen LogP contribution is -2.38. The van der Waals surface area contributed by atoms with Crippen LogP contribution < -0.4 is 10.6 Å². The van der Waals surface area contributed by atoms with Gasteiger partial charge in [-0.05, 0) is 30.2 Å². The minimum absolute atomic E-state index is 0. The number of aromatic nitrogens is 1. The monoisotopic (exact) mass is 486 g/mol. The summed E-state index contributed by atoms with van der Waals surface area (Å²) in [7, 11) is 1.79. The summed E-state index contributed by atoms with van der Waals surface area (Å²) in [5.41, 5.74) is 2.36. The van der Waals surface area contributed by atoms with Crippen LogP contribution in [0.15, 0.2) is 53.8 Å². The average molecular weight is 486 g/mol. The van der Waals surface area contributed by atoms with E-state index in [1.165, 1.54) is 5.56 Å². The van der Waals surface area contributed by atoms with Gasteiger partial charge in [-0.2, -0.15) is 0 Å². The molecule has 6 nitrogen and oxygen atoms in total. The van der Waals surface area contributed by atoms with Gasteiger partial charge in [0.05, 0.1) is 19.8 Å². The molecule has 0 atom stereocenters. The van der Waals surface area contributed by atoms with E-state index in [1.54, 1.807) is 7.05 Å². The maximum absolute atomic E-state index is 5.63. The summed E-state index contributed by atoms with van der Waals surface area (Å²) < 4.78 is 13.0. The zero-order valence-electron chi connectivity index (χ0n) is 16.2. The van der Waals surface area contributed by atoms with Gasteiger partial charge in [-0.15, -0.1) is 24.0 Å². The SMILES string of the molecule is CCOCCOCc1cccc(CNC(=NC)NCCn2cccc2)c1.I. The number of aliphatic imine (C=N–C) groups is 1. The Kier molecular flexibility index (Phi) is 12.6. The van der Waals surface area contributed by atoms with E-state index < -0.39 is 0 Å². The van der Waals surface area contributed by atoms with Crippen LogP contribution in [0, 0.1) is 0 Å². The molecule has 0 saturated carbocycles. The van der Waals surface area contributed by atoms with E-state index in [4.69, 9.17) is 9.47 Å². The summed E-state index contributed by atoms with van der Waals surface area (Å²) in [5, 5.41) is 6.67. The molecule has 0 fully saturated rings. The first-order chi connectivity index (χ1) is 12.8. The van der Waals surface area contributed by atoms with Crippen molar-refractivity contribution in [1.82, 2.24) is 15.2 Å². The van der Waals surface area contributed by atoms with E-state index >= 15 is 0 Å². The summed E-state index contributed by atoms with van der Waals surface area (Å²) in [6, 6.07) is 12.4. The van der Waals surface area contributed by atoms with Crippen molar-refractivity contribution < 1.29 is 9.47 Å². The fraction of sp³-hybridized carbons (Fsp3) is 0.450. The van der Waals surface area contributed by atoms with E-state index in [0.717, 1.165) is 37.8 Å². The number of nitrogens with zero attached hydrogens (tertiary/aromatic N) is 2. The second-order valence-electron chi connectivity index (χ2n) is 5.84. The van der Waals surface area contributed by atoms with Crippen molar-refractivity contribution in [2.75, 3.05) is 33.4 Å². The van der Waals surface area contributed by atoms with Gasteiger partial charge in [-0.3, -0.25) is 4.99 Å². The molecule has 0 amide bonds. The maximum atomic E-state index is 5.63. The van der Waals surface area contributed by atoms with Crippen LogP contribution in [-0.2, 0) is 29.2 Å². The van der Waals surface area contributed by atoms with Crippen LogP contribution >= 0.6 is 24.0 Å². The van der Waals surface area contributed by atoms with E-state index in [9.17, 15) is 0 Å². The van der Waals surface area contributed by atoms with E-state index in [0.29, 0.717) is 19.8 Å². The lowest BCUT2D eigenvalue weighted by molar-refractivity contribution is 0.0453. The average Bonchev–Trinajstić information content (AvgIpc) is 3.18. The Morgan fingerprint density at radius 2 is 1.78 bits per heavy atom. The molecule has 0 radical (unpaired) electrons. The van der Waals surface area contributed by atoms with Gasteiger partial charge in [0, 0.05) is 45.7 Å². The fourth-order valence-corrected chi connectivity index (χ4v) is 2.51. The number of guanidine groups is 1. The topological polar surface area (TPSA) is 59.8 Å². The Morgan fingerprint density at radius 1 is 1.04 bits per heavy atom. The summed E-state index contributed by atoms with van der Waals surface area (Å²) in [4.78, 5) is 4.27. The van der Waals surface area contributed by atoms with Crippen molar-refractivity contribution in [3.8, 4) is 0 Å². The van der Waals surface area contributed by atoms with Crippen molar-refractivity contribution >= 4 is 29.9 Å². The minimum atomic E-state index is 0. The predicted molar refractivity (Wildman–Crippen MR) is 121 cm³/mol. The van der Waals surface area contributed by atoms with E-state index in [1.807, 2.05) is 19.1 Å². The molecule has 0 aliphatic heterocycles. The molecule has 150 valence electrons. The highest BCUT2D eigenvalue weighted by Gasteiger charge is 2.00. The molecule has 0 saturated heterocycles. The van der Waals surface area contributed by atoms with Crippen LogP contribution in [0.4, 0.5) is 0 Å². The van der Waals surface area contributed by atoms with Gasteiger partial charge in [-0.25, -0.2) is 0 Å². The molecule has 0 spiro atoms. The van der Waals surface area contributed by atoms with Crippen LogP contribution in [0.25, 0.3) is 0 Å². The van der Waals surface area contributed by atoms with Gasteiger partial charge < -0.3 is 24.7 Å². The molecule has 27 heavy (non-hydrogen) atoms. The van der Waals surface area contributed by atoms with Crippen molar-refractivity contribution in [2.24, 2.45) is 4.99 Å². The van der Waals surface area contributed by atoms with Gasteiger partial charge in [0.2, 0.25) is 0 Å². The predicted octanol–water partition coefficient (Wildman–Crippen LogP) is 3.02. The second-order valence-corrected chi connectivity index (χ2v) is 5.84. The highest BCUT2D eigenvalue weighted by molar-refractivity contribution is 14.0. The molecule has 2 N–H and O–H groups in total. The van der Waals surface area contributed by atoms with Gasteiger partial charge in [-0.1, -0.05) is 24.3 Å². The molecule has 1 aromatic carbocycles. The van der Waals surface area contributed by atoms with Gasteiger partial charge in [0.25, 0.3) is 0 Å². The lowest BCUT2D eigenvalue weighted by atomic mass is 10.1. The van der Waals surface area contributed by atoms with Crippen LogP contribution in [-0.4, -0.2) is 43.9 Å². The molecule has 1 aromatic heterocycles. The molecule has 2 rings (SSSR count). The number of hydrogen-bond acceptors (Lipinski definition) is 3. The number of nitrogens with one attached hydrogen (secondary N) is 2. The number of hydrogen-bond donors (Lipinski definition) is 2. The molecular formula is C20H31IN4O2. The summed E-state index contributed by atoms with van der Waals surface area (Å²) >= 11 is 0. The van der Waals surface area contributed by atoms with Crippen molar-refractivity contribution in [3.05, 3.63) is 59.9 Å². The zero-order valence-corrected chi connectivity index (χ0v) is 18.5. The highest BCUT2D eigenvalue weighted by Crippen LogP contribution is 2.06. The van der Waals surface area contributed by atoms with Crippen molar-refractivity contribution in [3.63, 3.8) is 0 Å². The zero-order chi connectivity index (χ0) is 18.5. The molecule has 1 heterocycles. The first kappa shape index (κ1) is 23.5. The third-order valence-electron chi connectivity index (χ3n) is 3.85. The van der Waals surface area contributed by atoms with Gasteiger partial charge in [0.15, 0.2) is 5.96 Å². The maximum Gasteiger partial charge on any atom is 0.191 e. The molecular weight excluding hydrogens is 455 g/mol. The number of rotatable bonds is 11. The lowest BCUT2D eigenvalue weighted by Gasteiger charge is -2.13. The Bertz CT molecular complexity index is 647. The fourth-order valence-electron chi connectivity index (χ4n) is 2.51. The Balaban J connectivity index is 0.00000364. The Labute approximate surface area is 179 Å². The molecule has 7 heteroatoms. The number of benzene rings is 1. The number of ether oxygens (including phenoxy) is 2. The molecule has 0 bridgehead atoms. The molecule has 0 aliphatic rings. The van der Waals surface area contributed by atoms with Gasteiger partial charge >= 0.3 is 0 Å². The van der Waals surface area contributed by atoms with Crippen LogP contribution in [0.2, 0.25) is 0 Å². The highest BCUT2D eigenvalue weighted by atomic mass is 127. The van der Waals surface area contributed by atoms with E-state index in [2.05, 4.69) is 56.9 Å². The quantitative estimate of drug-likeness (QED) is 0.222. The first-order valence-electron chi connectivity index (χ1n) is 9.10.